The first-order valence-electron chi connectivity index (χ1n) is 6.50. The van der Waals surface area contributed by atoms with E-state index in [1.165, 1.54) is 17.7 Å². The molecule has 3 rings (SSSR count). The van der Waals surface area contributed by atoms with Gasteiger partial charge in [-0.2, -0.15) is 5.26 Å². The number of hydrogen-bond donors (Lipinski definition) is 0. The van der Waals surface area contributed by atoms with E-state index in [-0.39, 0.29) is 0 Å². The Balaban J connectivity index is 1.95. The SMILES string of the molecule is CN(c1cccc(C#N)c1)c1ccc2c(n1)CCC2. The first-order chi connectivity index (χ1) is 9.28. The zero-order valence-corrected chi connectivity index (χ0v) is 10.9. The van der Waals surface area contributed by atoms with Gasteiger partial charge in [-0.15, -0.1) is 0 Å². The monoisotopic (exact) mass is 249 g/mol. The molecule has 0 spiro atoms. The molecule has 0 saturated carbocycles. The van der Waals surface area contributed by atoms with E-state index >= 15 is 0 Å². The van der Waals surface area contributed by atoms with Crippen molar-refractivity contribution in [2.24, 2.45) is 0 Å². The second-order valence-corrected chi connectivity index (χ2v) is 4.85. The summed E-state index contributed by atoms with van der Waals surface area (Å²) in [7, 11) is 1.99. The Morgan fingerprint density at radius 2 is 2.11 bits per heavy atom. The lowest BCUT2D eigenvalue weighted by molar-refractivity contribution is 0.898. The van der Waals surface area contributed by atoms with E-state index < -0.39 is 0 Å². The van der Waals surface area contributed by atoms with Crippen LogP contribution in [0.25, 0.3) is 0 Å². The molecule has 0 saturated heterocycles. The molecular weight excluding hydrogens is 234 g/mol. The average Bonchev–Trinajstić information content (AvgIpc) is 2.94. The molecule has 0 N–H and O–H groups in total. The molecule has 0 radical (unpaired) electrons. The minimum atomic E-state index is 0.672. The molecule has 0 aliphatic heterocycles. The normalized spacial score (nSPS) is 12.8. The van der Waals surface area contributed by atoms with Crippen LogP contribution in [-0.2, 0) is 12.8 Å². The molecule has 1 aliphatic carbocycles. The number of fused-ring (bicyclic) bond motifs is 1. The molecule has 3 nitrogen and oxygen atoms in total. The van der Waals surface area contributed by atoms with Gasteiger partial charge in [0.05, 0.1) is 11.6 Å². The number of nitrogens with zero attached hydrogens (tertiary/aromatic N) is 3. The number of hydrogen-bond acceptors (Lipinski definition) is 3. The molecule has 0 unspecified atom stereocenters. The Hall–Kier alpha value is -2.34. The maximum atomic E-state index is 8.96. The van der Waals surface area contributed by atoms with Crippen molar-refractivity contribution in [2.75, 3.05) is 11.9 Å². The Kier molecular flexibility index (Phi) is 2.92. The van der Waals surface area contributed by atoms with Crippen LogP contribution in [0.2, 0.25) is 0 Å². The number of aromatic nitrogens is 1. The van der Waals surface area contributed by atoms with Crippen molar-refractivity contribution in [2.45, 2.75) is 19.3 Å². The standard InChI is InChI=1S/C16H15N3/c1-19(14-6-2-4-12(10-14)11-17)16-9-8-13-5-3-7-15(13)18-16/h2,4,6,8-10H,3,5,7H2,1H3. The summed E-state index contributed by atoms with van der Waals surface area (Å²) < 4.78 is 0. The number of rotatable bonds is 2. The molecular formula is C16H15N3. The van der Waals surface area contributed by atoms with E-state index in [1.54, 1.807) is 0 Å². The van der Waals surface area contributed by atoms with Crippen LogP contribution >= 0.6 is 0 Å². The molecule has 1 aliphatic rings. The van der Waals surface area contributed by atoms with Crippen LogP contribution in [0.4, 0.5) is 11.5 Å². The molecule has 1 aromatic carbocycles. The van der Waals surface area contributed by atoms with E-state index in [0.29, 0.717) is 5.56 Å². The molecule has 0 atom stereocenters. The van der Waals surface area contributed by atoms with Crippen molar-refractivity contribution in [1.29, 1.82) is 5.26 Å². The number of anilines is 2. The number of aryl methyl sites for hydroxylation is 2. The van der Waals surface area contributed by atoms with Gasteiger partial charge in [-0.05, 0) is 49.1 Å². The van der Waals surface area contributed by atoms with Crippen LogP contribution < -0.4 is 4.90 Å². The number of nitriles is 1. The summed E-state index contributed by atoms with van der Waals surface area (Å²) in [6, 6.07) is 14.0. The van der Waals surface area contributed by atoms with E-state index in [1.807, 2.05) is 36.2 Å². The zero-order valence-electron chi connectivity index (χ0n) is 10.9. The smallest absolute Gasteiger partial charge is 0.132 e. The summed E-state index contributed by atoms with van der Waals surface area (Å²) >= 11 is 0. The second-order valence-electron chi connectivity index (χ2n) is 4.85. The minimum absolute atomic E-state index is 0.672. The fourth-order valence-electron chi connectivity index (χ4n) is 2.51. The highest BCUT2D eigenvalue weighted by molar-refractivity contribution is 5.61. The predicted molar refractivity (Wildman–Crippen MR) is 75.5 cm³/mol. The summed E-state index contributed by atoms with van der Waals surface area (Å²) in [6.07, 6.45) is 3.44. The van der Waals surface area contributed by atoms with Gasteiger partial charge in [0.1, 0.15) is 5.82 Å². The van der Waals surface area contributed by atoms with Gasteiger partial charge in [0.2, 0.25) is 0 Å². The van der Waals surface area contributed by atoms with Crippen LogP contribution in [0, 0.1) is 11.3 Å². The molecule has 2 aromatic rings. The molecule has 0 bridgehead atoms. The first-order valence-corrected chi connectivity index (χ1v) is 6.50. The number of pyridine rings is 1. The van der Waals surface area contributed by atoms with Crippen LogP contribution in [0.15, 0.2) is 36.4 Å². The molecule has 1 heterocycles. The topological polar surface area (TPSA) is 39.9 Å². The van der Waals surface area contributed by atoms with Crippen molar-refractivity contribution < 1.29 is 0 Å². The summed E-state index contributed by atoms with van der Waals surface area (Å²) in [5, 5.41) is 8.96. The lowest BCUT2D eigenvalue weighted by Gasteiger charge is -2.19. The van der Waals surface area contributed by atoms with Gasteiger partial charge in [-0.1, -0.05) is 12.1 Å². The Bertz CT molecular complexity index is 655. The third-order valence-corrected chi connectivity index (χ3v) is 3.62. The largest absolute Gasteiger partial charge is 0.329 e. The van der Waals surface area contributed by atoms with E-state index in [0.717, 1.165) is 24.3 Å². The minimum Gasteiger partial charge on any atom is -0.329 e. The summed E-state index contributed by atoms with van der Waals surface area (Å²) in [4.78, 5) is 6.76. The van der Waals surface area contributed by atoms with Crippen LogP contribution in [0.5, 0.6) is 0 Å². The fraction of sp³-hybridized carbons (Fsp3) is 0.250. The van der Waals surface area contributed by atoms with Crippen molar-refractivity contribution >= 4 is 11.5 Å². The van der Waals surface area contributed by atoms with Gasteiger partial charge in [0.25, 0.3) is 0 Å². The first kappa shape index (κ1) is 11.7. The summed E-state index contributed by atoms with van der Waals surface area (Å²) in [5.74, 6) is 0.940. The van der Waals surface area contributed by atoms with Gasteiger partial charge in [0.15, 0.2) is 0 Å². The molecule has 0 fully saturated rings. The molecule has 1 aromatic heterocycles. The maximum absolute atomic E-state index is 8.96. The second kappa shape index (κ2) is 4.74. The highest BCUT2D eigenvalue weighted by Crippen LogP contribution is 2.27. The Morgan fingerprint density at radius 3 is 2.95 bits per heavy atom. The fourth-order valence-corrected chi connectivity index (χ4v) is 2.51. The van der Waals surface area contributed by atoms with E-state index in [4.69, 9.17) is 10.2 Å². The van der Waals surface area contributed by atoms with Gasteiger partial charge in [-0.25, -0.2) is 4.98 Å². The van der Waals surface area contributed by atoms with Crippen LogP contribution in [0.3, 0.4) is 0 Å². The number of benzene rings is 1. The lowest BCUT2D eigenvalue weighted by atomic mass is 10.2. The van der Waals surface area contributed by atoms with Gasteiger partial charge in [-0.3, -0.25) is 0 Å². The molecule has 3 heteroatoms. The highest BCUT2D eigenvalue weighted by Gasteiger charge is 2.14. The van der Waals surface area contributed by atoms with Gasteiger partial charge < -0.3 is 4.90 Å². The average molecular weight is 249 g/mol. The van der Waals surface area contributed by atoms with Crippen molar-refractivity contribution in [3.8, 4) is 6.07 Å². The van der Waals surface area contributed by atoms with Gasteiger partial charge >= 0.3 is 0 Å². The molecule has 94 valence electrons. The van der Waals surface area contributed by atoms with Crippen LogP contribution in [-0.4, -0.2) is 12.0 Å². The van der Waals surface area contributed by atoms with Crippen molar-refractivity contribution in [3.05, 3.63) is 53.2 Å². The summed E-state index contributed by atoms with van der Waals surface area (Å²) in [6.45, 7) is 0. The third kappa shape index (κ3) is 2.17. The van der Waals surface area contributed by atoms with Crippen molar-refractivity contribution in [1.82, 2.24) is 4.98 Å². The van der Waals surface area contributed by atoms with Crippen LogP contribution in [0.1, 0.15) is 23.2 Å². The summed E-state index contributed by atoms with van der Waals surface area (Å²) in [5.41, 5.74) is 4.26. The highest BCUT2D eigenvalue weighted by atomic mass is 15.2. The quantitative estimate of drug-likeness (QED) is 0.820. The third-order valence-electron chi connectivity index (χ3n) is 3.62. The molecule has 0 amide bonds. The van der Waals surface area contributed by atoms with Crippen molar-refractivity contribution in [3.63, 3.8) is 0 Å². The maximum Gasteiger partial charge on any atom is 0.132 e. The zero-order chi connectivity index (χ0) is 13.2. The van der Waals surface area contributed by atoms with Gasteiger partial charge in [0, 0.05) is 18.4 Å². The Labute approximate surface area is 113 Å². The predicted octanol–water partition coefficient (Wildman–Crippen LogP) is 3.21. The molecule has 19 heavy (non-hydrogen) atoms. The van der Waals surface area contributed by atoms with E-state index in [2.05, 4.69) is 18.2 Å². The Morgan fingerprint density at radius 1 is 1.21 bits per heavy atom. The lowest BCUT2D eigenvalue weighted by Crippen LogP contribution is -2.12. The van der Waals surface area contributed by atoms with E-state index in [9.17, 15) is 0 Å².